The smallest absolute Gasteiger partial charge is 0.246 e. The summed E-state index contributed by atoms with van der Waals surface area (Å²) in [6.07, 6.45) is 0.915. The molecular weight excluding hydrogens is 242 g/mol. The van der Waals surface area contributed by atoms with Gasteiger partial charge >= 0.3 is 0 Å². The molecular formula is C14H15N3O2. The monoisotopic (exact) mass is 257 g/mol. The number of nitriles is 1. The molecule has 1 fully saturated rings. The fraction of sp³-hybridized carbons (Fsp3) is 0.357. The Hall–Kier alpha value is -2.19. The van der Waals surface area contributed by atoms with Crippen LogP contribution < -0.4 is 5.32 Å². The lowest BCUT2D eigenvalue weighted by molar-refractivity contribution is -0.148. The molecule has 19 heavy (non-hydrogen) atoms. The fourth-order valence-electron chi connectivity index (χ4n) is 2.10. The first-order valence-electron chi connectivity index (χ1n) is 6.14. The first kappa shape index (κ1) is 13.2. The third kappa shape index (κ3) is 2.98. The summed E-state index contributed by atoms with van der Waals surface area (Å²) in [6, 6.07) is 8.99. The number of carbonyl (C=O) groups excluding carboxylic acids is 2. The Kier molecular flexibility index (Phi) is 3.93. The molecule has 1 heterocycles. The molecule has 0 spiro atoms. The van der Waals surface area contributed by atoms with E-state index in [0.717, 1.165) is 5.56 Å². The molecule has 5 nitrogen and oxygen atoms in total. The molecule has 2 amide bonds. The molecule has 1 aliphatic heterocycles. The zero-order valence-electron chi connectivity index (χ0n) is 10.7. The van der Waals surface area contributed by atoms with Crippen molar-refractivity contribution in [3.8, 4) is 6.07 Å². The van der Waals surface area contributed by atoms with E-state index in [1.54, 1.807) is 12.1 Å². The predicted octanol–water partition coefficient (Wildman–Crippen LogP) is 0.795. The maximum Gasteiger partial charge on any atom is 0.246 e. The topological polar surface area (TPSA) is 73.2 Å². The van der Waals surface area contributed by atoms with Crippen molar-refractivity contribution in [2.45, 2.75) is 25.4 Å². The van der Waals surface area contributed by atoms with Gasteiger partial charge in [0.15, 0.2) is 0 Å². The zero-order valence-corrected chi connectivity index (χ0v) is 10.7. The predicted molar refractivity (Wildman–Crippen MR) is 68.8 cm³/mol. The number of nitrogens with zero attached hydrogens (tertiary/aromatic N) is 2. The van der Waals surface area contributed by atoms with E-state index in [4.69, 9.17) is 5.26 Å². The number of carbonyl (C=O) groups is 2. The summed E-state index contributed by atoms with van der Waals surface area (Å²) in [5, 5.41) is 12.0. The quantitative estimate of drug-likeness (QED) is 0.813. The van der Waals surface area contributed by atoms with Crippen molar-refractivity contribution < 1.29 is 9.59 Å². The SMILES string of the molecule is CN1C(=O)CCC(NCc2cccc(C#N)c2)C1=O. The van der Waals surface area contributed by atoms with E-state index in [0.29, 0.717) is 24.9 Å². The molecule has 0 bridgehead atoms. The van der Waals surface area contributed by atoms with Gasteiger partial charge in [0.25, 0.3) is 0 Å². The lowest BCUT2D eigenvalue weighted by Gasteiger charge is -2.28. The first-order valence-corrected chi connectivity index (χ1v) is 6.14. The van der Waals surface area contributed by atoms with Gasteiger partial charge in [0.2, 0.25) is 11.8 Å². The number of imide groups is 1. The standard InChI is InChI=1S/C14H15N3O2/c1-17-13(18)6-5-12(14(17)19)16-9-11-4-2-3-10(7-11)8-15/h2-4,7,12,16H,5-6,9H2,1H3. The van der Waals surface area contributed by atoms with E-state index in [1.807, 2.05) is 12.1 Å². The van der Waals surface area contributed by atoms with Crippen LogP contribution in [0.2, 0.25) is 0 Å². The molecule has 5 heteroatoms. The second-order valence-corrected chi connectivity index (χ2v) is 4.58. The lowest BCUT2D eigenvalue weighted by atomic mass is 10.0. The number of nitrogens with one attached hydrogen (secondary N) is 1. The highest BCUT2D eigenvalue weighted by atomic mass is 16.2. The number of amides is 2. The Morgan fingerprint density at radius 1 is 1.47 bits per heavy atom. The number of piperidine rings is 1. The normalized spacial score (nSPS) is 19.4. The zero-order chi connectivity index (χ0) is 13.8. The highest BCUT2D eigenvalue weighted by Gasteiger charge is 2.31. The van der Waals surface area contributed by atoms with Crippen LogP contribution in [0.5, 0.6) is 0 Å². The third-order valence-electron chi connectivity index (χ3n) is 3.26. The minimum Gasteiger partial charge on any atom is -0.302 e. The van der Waals surface area contributed by atoms with Crippen LogP contribution in [0.1, 0.15) is 24.0 Å². The van der Waals surface area contributed by atoms with Crippen LogP contribution in [0.25, 0.3) is 0 Å². The van der Waals surface area contributed by atoms with E-state index >= 15 is 0 Å². The van der Waals surface area contributed by atoms with Crippen molar-refractivity contribution in [3.63, 3.8) is 0 Å². The van der Waals surface area contributed by atoms with Crippen molar-refractivity contribution in [2.24, 2.45) is 0 Å². The Bertz CT molecular complexity index is 548. The average molecular weight is 257 g/mol. The fourth-order valence-corrected chi connectivity index (χ4v) is 2.10. The van der Waals surface area contributed by atoms with Gasteiger partial charge in [0.1, 0.15) is 0 Å². The van der Waals surface area contributed by atoms with Crippen molar-refractivity contribution >= 4 is 11.8 Å². The van der Waals surface area contributed by atoms with Gasteiger partial charge < -0.3 is 5.32 Å². The number of benzene rings is 1. The summed E-state index contributed by atoms with van der Waals surface area (Å²) >= 11 is 0. The number of hydrogen-bond acceptors (Lipinski definition) is 4. The Labute approximate surface area is 111 Å². The lowest BCUT2D eigenvalue weighted by Crippen LogP contribution is -2.51. The molecule has 98 valence electrons. The van der Waals surface area contributed by atoms with Gasteiger partial charge in [-0.2, -0.15) is 5.26 Å². The number of likely N-dealkylation sites (N-methyl/N-ethyl adjacent to an activating group) is 1. The summed E-state index contributed by atoms with van der Waals surface area (Å²) in [4.78, 5) is 24.4. The van der Waals surface area contributed by atoms with Crippen LogP contribution >= 0.6 is 0 Å². The Morgan fingerprint density at radius 3 is 3.00 bits per heavy atom. The van der Waals surface area contributed by atoms with Gasteiger partial charge in [0.05, 0.1) is 17.7 Å². The van der Waals surface area contributed by atoms with E-state index in [9.17, 15) is 9.59 Å². The third-order valence-corrected chi connectivity index (χ3v) is 3.26. The molecule has 1 aromatic carbocycles. The minimum absolute atomic E-state index is 0.130. The summed E-state index contributed by atoms with van der Waals surface area (Å²) in [7, 11) is 1.51. The van der Waals surface area contributed by atoms with Gasteiger partial charge in [0, 0.05) is 20.0 Å². The first-order chi connectivity index (χ1) is 9.11. The molecule has 1 aromatic rings. The molecule has 2 rings (SSSR count). The molecule has 1 N–H and O–H groups in total. The average Bonchev–Trinajstić information content (AvgIpc) is 2.44. The molecule has 1 atom stereocenters. The molecule has 0 aromatic heterocycles. The molecule has 0 saturated carbocycles. The van der Waals surface area contributed by atoms with Crippen LogP contribution in [-0.4, -0.2) is 29.8 Å². The van der Waals surface area contributed by atoms with Crippen LogP contribution in [0.3, 0.4) is 0 Å². The molecule has 1 aliphatic rings. The highest BCUT2D eigenvalue weighted by Crippen LogP contribution is 2.12. The number of likely N-dealkylation sites (tertiary alicyclic amines) is 1. The molecule has 0 aliphatic carbocycles. The summed E-state index contributed by atoms with van der Waals surface area (Å²) in [6.45, 7) is 0.508. The minimum atomic E-state index is -0.326. The number of hydrogen-bond donors (Lipinski definition) is 1. The summed E-state index contributed by atoms with van der Waals surface area (Å²) in [5.41, 5.74) is 1.55. The van der Waals surface area contributed by atoms with Crippen molar-refractivity contribution in [1.29, 1.82) is 5.26 Å². The van der Waals surface area contributed by atoms with Crippen LogP contribution in [0, 0.1) is 11.3 Å². The van der Waals surface area contributed by atoms with Crippen molar-refractivity contribution in [1.82, 2.24) is 10.2 Å². The van der Waals surface area contributed by atoms with Crippen LogP contribution in [0.15, 0.2) is 24.3 Å². The van der Waals surface area contributed by atoms with Crippen molar-refractivity contribution in [2.75, 3.05) is 7.05 Å². The van der Waals surface area contributed by atoms with E-state index in [1.165, 1.54) is 11.9 Å². The van der Waals surface area contributed by atoms with Gasteiger partial charge in [-0.1, -0.05) is 12.1 Å². The largest absolute Gasteiger partial charge is 0.302 e. The maximum absolute atomic E-state index is 11.9. The maximum atomic E-state index is 11.9. The molecule has 1 saturated heterocycles. The van der Waals surface area contributed by atoms with Crippen molar-refractivity contribution in [3.05, 3.63) is 35.4 Å². The number of rotatable bonds is 3. The van der Waals surface area contributed by atoms with E-state index in [2.05, 4.69) is 11.4 Å². The van der Waals surface area contributed by atoms with Gasteiger partial charge in [-0.05, 0) is 24.1 Å². The summed E-state index contributed by atoms with van der Waals surface area (Å²) < 4.78 is 0. The Morgan fingerprint density at radius 2 is 2.26 bits per heavy atom. The van der Waals surface area contributed by atoms with Gasteiger partial charge in [-0.3, -0.25) is 14.5 Å². The van der Waals surface area contributed by atoms with Gasteiger partial charge in [-0.25, -0.2) is 0 Å². The van der Waals surface area contributed by atoms with Crippen LogP contribution in [-0.2, 0) is 16.1 Å². The molecule has 1 unspecified atom stereocenters. The van der Waals surface area contributed by atoms with Crippen LogP contribution in [0.4, 0.5) is 0 Å². The van der Waals surface area contributed by atoms with E-state index < -0.39 is 0 Å². The second-order valence-electron chi connectivity index (χ2n) is 4.58. The molecule has 0 radical (unpaired) electrons. The van der Waals surface area contributed by atoms with E-state index in [-0.39, 0.29) is 17.9 Å². The highest BCUT2D eigenvalue weighted by molar-refractivity contribution is 6.00. The summed E-state index contributed by atoms with van der Waals surface area (Å²) in [5.74, 6) is -0.317. The van der Waals surface area contributed by atoms with Gasteiger partial charge in [-0.15, -0.1) is 0 Å². The Balaban J connectivity index is 1.97. The second kappa shape index (κ2) is 5.63.